The van der Waals surface area contributed by atoms with Crippen molar-refractivity contribution >= 4 is 15.7 Å². The van der Waals surface area contributed by atoms with Crippen molar-refractivity contribution in [2.75, 3.05) is 18.4 Å². The second kappa shape index (κ2) is 6.25. The highest BCUT2D eigenvalue weighted by molar-refractivity contribution is 7.89. The molecule has 0 bridgehead atoms. The summed E-state index contributed by atoms with van der Waals surface area (Å²) in [6, 6.07) is 5.49. The number of hydrogen-bond acceptors (Lipinski definition) is 3. The van der Waals surface area contributed by atoms with Crippen LogP contribution in [0.25, 0.3) is 0 Å². The molecule has 0 spiro atoms. The van der Waals surface area contributed by atoms with Gasteiger partial charge in [-0.3, -0.25) is 0 Å². The van der Waals surface area contributed by atoms with Gasteiger partial charge in [0.05, 0.1) is 5.69 Å². The Bertz CT molecular complexity index is 515. The van der Waals surface area contributed by atoms with Gasteiger partial charge in [0.2, 0.25) is 10.0 Å². The summed E-state index contributed by atoms with van der Waals surface area (Å²) in [4.78, 5) is -0.187. The molecule has 2 N–H and O–H groups in total. The standard InChI is InChI=1S/C11H15F3N2O2S/c1-2-7-16-19(17,18)10-6-4-3-5-9(10)15-8-11(12,13)14/h3-6,15-16H,2,7-8H2,1H3. The molecule has 108 valence electrons. The lowest BCUT2D eigenvalue weighted by Gasteiger charge is -2.14. The molecule has 0 amide bonds. The van der Waals surface area contributed by atoms with E-state index in [1.54, 1.807) is 6.92 Å². The first-order valence-electron chi connectivity index (χ1n) is 5.65. The topological polar surface area (TPSA) is 58.2 Å². The lowest BCUT2D eigenvalue weighted by molar-refractivity contribution is -0.115. The summed E-state index contributed by atoms with van der Waals surface area (Å²) in [5, 5.41) is 2.09. The third-order valence-corrected chi connectivity index (χ3v) is 3.72. The zero-order chi connectivity index (χ0) is 14.5. The van der Waals surface area contributed by atoms with E-state index in [2.05, 4.69) is 10.0 Å². The number of rotatable bonds is 6. The first-order chi connectivity index (χ1) is 8.76. The number of anilines is 1. The molecular formula is C11H15F3N2O2S. The highest BCUT2D eigenvalue weighted by Gasteiger charge is 2.28. The average Bonchev–Trinajstić information content (AvgIpc) is 2.33. The van der Waals surface area contributed by atoms with Crippen molar-refractivity contribution in [2.45, 2.75) is 24.4 Å². The van der Waals surface area contributed by atoms with Crippen molar-refractivity contribution in [3.8, 4) is 0 Å². The number of para-hydroxylation sites is 1. The van der Waals surface area contributed by atoms with Crippen LogP contribution < -0.4 is 10.0 Å². The van der Waals surface area contributed by atoms with Gasteiger partial charge in [-0.15, -0.1) is 0 Å². The van der Waals surface area contributed by atoms with Crippen molar-refractivity contribution in [3.63, 3.8) is 0 Å². The van der Waals surface area contributed by atoms with Crippen molar-refractivity contribution in [2.24, 2.45) is 0 Å². The van der Waals surface area contributed by atoms with Crippen LogP contribution in [-0.2, 0) is 10.0 Å². The third-order valence-electron chi connectivity index (χ3n) is 2.20. The molecule has 0 aliphatic rings. The van der Waals surface area contributed by atoms with E-state index in [0.717, 1.165) is 0 Å². The van der Waals surface area contributed by atoms with Crippen molar-refractivity contribution in [1.82, 2.24) is 4.72 Å². The van der Waals surface area contributed by atoms with E-state index in [4.69, 9.17) is 0 Å². The second-order valence-corrected chi connectivity index (χ2v) is 5.60. The van der Waals surface area contributed by atoms with Crippen molar-refractivity contribution < 1.29 is 21.6 Å². The van der Waals surface area contributed by atoms with Gasteiger partial charge in [0, 0.05) is 6.54 Å². The molecule has 8 heteroatoms. The average molecular weight is 296 g/mol. The molecule has 0 atom stereocenters. The van der Waals surface area contributed by atoms with Gasteiger partial charge in [0.1, 0.15) is 11.4 Å². The Morgan fingerprint density at radius 2 is 1.84 bits per heavy atom. The summed E-state index contributed by atoms with van der Waals surface area (Å²) in [7, 11) is -3.80. The normalized spacial score (nSPS) is 12.4. The van der Waals surface area contributed by atoms with E-state index < -0.39 is 22.7 Å². The van der Waals surface area contributed by atoms with Crippen LogP contribution in [-0.4, -0.2) is 27.7 Å². The Labute approximate surface area is 110 Å². The predicted octanol–water partition coefficient (Wildman–Crippen LogP) is 2.35. The number of hydrogen-bond donors (Lipinski definition) is 2. The van der Waals surface area contributed by atoms with E-state index >= 15 is 0 Å². The van der Waals surface area contributed by atoms with E-state index in [1.165, 1.54) is 24.3 Å². The molecule has 0 saturated carbocycles. The molecule has 0 aromatic heterocycles. The van der Waals surface area contributed by atoms with E-state index in [0.29, 0.717) is 6.42 Å². The van der Waals surface area contributed by atoms with E-state index in [9.17, 15) is 21.6 Å². The molecule has 1 rings (SSSR count). The lowest BCUT2D eigenvalue weighted by Crippen LogP contribution is -2.27. The van der Waals surface area contributed by atoms with Crippen LogP contribution in [0.4, 0.5) is 18.9 Å². The van der Waals surface area contributed by atoms with Crippen LogP contribution in [0.1, 0.15) is 13.3 Å². The predicted molar refractivity (Wildman–Crippen MR) is 66.5 cm³/mol. The van der Waals surface area contributed by atoms with Gasteiger partial charge in [-0.05, 0) is 18.6 Å². The van der Waals surface area contributed by atoms with Gasteiger partial charge in [0.15, 0.2) is 0 Å². The first kappa shape index (κ1) is 15.8. The lowest BCUT2D eigenvalue weighted by atomic mass is 10.3. The van der Waals surface area contributed by atoms with Crippen LogP contribution in [0.15, 0.2) is 29.2 Å². The summed E-state index contributed by atoms with van der Waals surface area (Å²) in [6.45, 7) is 0.736. The Kier molecular flexibility index (Phi) is 5.19. The number of halogens is 3. The third kappa shape index (κ3) is 5.07. The fourth-order valence-corrected chi connectivity index (χ4v) is 2.67. The van der Waals surface area contributed by atoms with E-state index in [-0.39, 0.29) is 17.1 Å². The zero-order valence-corrected chi connectivity index (χ0v) is 11.1. The molecule has 0 aliphatic carbocycles. The van der Waals surface area contributed by atoms with E-state index in [1.807, 2.05) is 0 Å². The smallest absolute Gasteiger partial charge is 0.375 e. The maximum absolute atomic E-state index is 12.1. The molecular weight excluding hydrogens is 281 g/mol. The number of nitrogens with one attached hydrogen (secondary N) is 2. The SMILES string of the molecule is CCCNS(=O)(=O)c1ccccc1NCC(F)(F)F. The minimum atomic E-state index is -4.41. The quantitative estimate of drug-likeness (QED) is 0.847. The van der Waals surface area contributed by atoms with Gasteiger partial charge in [-0.2, -0.15) is 13.2 Å². The van der Waals surface area contributed by atoms with Gasteiger partial charge < -0.3 is 5.32 Å². The van der Waals surface area contributed by atoms with Crippen LogP contribution in [0, 0.1) is 0 Å². The Balaban J connectivity index is 2.96. The monoisotopic (exact) mass is 296 g/mol. The molecule has 1 aromatic carbocycles. The maximum Gasteiger partial charge on any atom is 0.405 e. The van der Waals surface area contributed by atoms with Gasteiger partial charge in [-0.1, -0.05) is 19.1 Å². The Hall–Kier alpha value is -1.28. The van der Waals surface area contributed by atoms with Crippen molar-refractivity contribution in [3.05, 3.63) is 24.3 Å². The van der Waals surface area contributed by atoms with Gasteiger partial charge in [-0.25, -0.2) is 13.1 Å². The van der Waals surface area contributed by atoms with Gasteiger partial charge >= 0.3 is 6.18 Å². The fraction of sp³-hybridized carbons (Fsp3) is 0.455. The number of alkyl halides is 3. The minimum Gasteiger partial charge on any atom is -0.375 e. The largest absolute Gasteiger partial charge is 0.405 e. The summed E-state index contributed by atoms with van der Waals surface area (Å²) in [5.74, 6) is 0. The summed E-state index contributed by atoms with van der Waals surface area (Å²) in [6.07, 6.45) is -3.81. The second-order valence-electron chi connectivity index (χ2n) is 3.86. The molecule has 0 fully saturated rings. The van der Waals surface area contributed by atoms with Crippen LogP contribution >= 0.6 is 0 Å². The molecule has 4 nitrogen and oxygen atoms in total. The van der Waals surface area contributed by atoms with Gasteiger partial charge in [0.25, 0.3) is 0 Å². The molecule has 0 saturated heterocycles. The molecule has 0 unspecified atom stereocenters. The molecule has 0 aliphatic heterocycles. The Morgan fingerprint density at radius 3 is 2.42 bits per heavy atom. The maximum atomic E-state index is 12.1. The zero-order valence-electron chi connectivity index (χ0n) is 10.3. The fourth-order valence-electron chi connectivity index (χ4n) is 1.36. The number of benzene rings is 1. The minimum absolute atomic E-state index is 0.0663. The Morgan fingerprint density at radius 1 is 1.21 bits per heavy atom. The van der Waals surface area contributed by atoms with Crippen LogP contribution in [0.5, 0.6) is 0 Å². The highest BCUT2D eigenvalue weighted by Crippen LogP contribution is 2.23. The summed E-state index contributed by atoms with van der Waals surface area (Å²) >= 11 is 0. The first-order valence-corrected chi connectivity index (χ1v) is 7.14. The molecule has 19 heavy (non-hydrogen) atoms. The summed E-state index contributed by atoms with van der Waals surface area (Å²) in [5.41, 5.74) is -0.0663. The molecule has 0 heterocycles. The summed E-state index contributed by atoms with van der Waals surface area (Å²) < 4.78 is 62.6. The highest BCUT2D eigenvalue weighted by atomic mass is 32.2. The molecule has 1 aromatic rings. The molecule has 0 radical (unpaired) electrons. The van der Waals surface area contributed by atoms with Crippen molar-refractivity contribution in [1.29, 1.82) is 0 Å². The van der Waals surface area contributed by atoms with Crippen LogP contribution in [0.2, 0.25) is 0 Å². The van der Waals surface area contributed by atoms with Crippen LogP contribution in [0.3, 0.4) is 0 Å². The number of sulfonamides is 1.